The van der Waals surface area contributed by atoms with Crippen molar-refractivity contribution in [2.45, 2.75) is 6.92 Å². The lowest BCUT2D eigenvalue weighted by Crippen LogP contribution is -2.24. The van der Waals surface area contributed by atoms with Gasteiger partial charge in [0.1, 0.15) is 5.52 Å². The molecule has 2 aromatic heterocycles. The van der Waals surface area contributed by atoms with Gasteiger partial charge in [-0.3, -0.25) is 4.79 Å². The first-order chi connectivity index (χ1) is 11.2. The Balaban J connectivity index is 1.99. The van der Waals surface area contributed by atoms with Crippen LogP contribution in [0, 0.1) is 6.92 Å². The molecular weight excluding hydrogens is 290 g/mol. The molecule has 0 unspecified atom stereocenters. The Morgan fingerprint density at radius 1 is 0.913 bits per heavy atom. The van der Waals surface area contributed by atoms with Gasteiger partial charge in [0.2, 0.25) is 0 Å². The highest BCUT2D eigenvalue weighted by Gasteiger charge is 2.14. The van der Waals surface area contributed by atoms with E-state index in [-0.39, 0.29) is 5.56 Å². The molecule has 0 N–H and O–H groups in total. The summed E-state index contributed by atoms with van der Waals surface area (Å²) < 4.78 is 2.98. The number of hydrogen-bond donors (Lipinski definition) is 0. The van der Waals surface area contributed by atoms with Gasteiger partial charge in [0.15, 0.2) is 5.82 Å². The summed E-state index contributed by atoms with van der Waals surface area (Å²) in [5.74, 6) is 0.567. The topological polar surface area (TPSA) is 65.6 Å². The van der Waals surface area contributed by atoms with E-state index < -0.39 is 0 Å². The van der Waals surface area contributed by atoms with Crippen LogP contribution in [0.2, 0.25) is 0 Å². The van der Waals surface area contributed by atoms with E-state index in [1.165, 1.54) is 4.68 Å². The van der Waals surface area contributed by atoms with E-state index in [4.69, 9.17) is 0 Å². The predicted octanol–water partition coefficient (Wildman–Crippen LogP) is 2.27. The second kappa shape index (κ2) is 5.17. The van der Waals surface area contributed by atoms with Gasteiger partial charge in [-0.15, -0.1) is 5.10 Å². The van der Waals surface area contributed by atoms with E-state index in [1.807, 2.05) is 55.5 Å². The monoisotopic (exact) mass is 303 g/mol. The van der Waals surface area contributed by atoms with Crippen LogP contribution >= 0.6 is 0 Å². The number of nitrogens with zero attached hydrogens (tertiary/aromatic N) is 5. The minimum atomic E-state index is -0.215. The van der Waals surface area contributed by atoms with E-state index in [0.717, 1.165) is 11.4 Å². The Labute approximate surface area is 131 Å². The minimum absolute atomic E-state index is 0.215. The quantitative estimate of drug-likeness (QED) is 0.570. The van der Waals surface area contributed by atoms with Crippen LogP contribution in [-0.2, 0) is 0 Å². The minimum Gasteiger partial charge on any atom is -0.267 e. The van der Waals surface area contributed by atoms with Crippen LogP contribution in [0.15, 0.2) is 65.5 Å². The standard InChI is InChI=1S/C17H13N5O/c1-12-11-16(21(19-12)13-7-3-2-4-8-13)22-17(23)14-9-5-6-10-15(14)18-20-22/h2-11H,1H3. The number of para-hydroxylation sites is 1. The average Bonchev–Trinajstić information content (AvgIpc) is 2.98. The first kappa shape index (κ1) is 13.4. The van der Waals surface area contributed by atoms with Crippen molar-refractivity contribution in [1.29, 1.82) is 0 Å². The molecule has 6 nitrogen and oxygen atoms in total. The molecule has 2 heterocycles. The van der Waals surface area contributed by atoms with E-state index in [9.17, 15) is 4.79 Å². The first-order valence-corrected chi connectivity index (χ1v) is 7.21. The number of fused-ring (bicyclic) bond motifs is 1. The molecule has 4 rings (SSSR count). The van der Waals surface area contributed by atoms with Crippen molar-refractivity contribution in [2.75, 3.05) is 0 Å². The number of aryl methyl sites for hydroxylation is 1. The molecule has 0 bridgehead atoms. The molecule has 2 aromatic carbocycles. The van der Waals surface area contributed by atoms with Crippen LogP contribution in [0.4, 0.5) is 0 Å². The van der Waals surface area contributed by atoms with Crippen molar-refractivity contribution in [3.63, 3.8) is 0 Å². The van der Waals surface area contributed by atoms with Crippen LogP contribution in [0.5, 0.6) is 0 Å². The summed E-state index contributed by atoms with van der Waals surface area (Å²) in [6, 6.07) is 18.6. The third-order valence-electron chi connectivity index (χ3n) is 3.60. The van der Waals surface area contributed by atoms with Gasteiger partial charge in [0, 0.05) is 6.07 Å². The molecule has 0 aliphatic carbocycles. The van der Waals surface area contributed by atoms with Gasteiger partial charge in [-0.25, -0.2) is 4.68 Å². The summed E-state index contributed by atoms with van der Waals surface area (Å²) >= 11 is 0. The Hall–Kier alpha value is -3.28. The molecule has 112 valence electrons. The number of aromatic nitrogens is 5. The van der Waals surface area contributed by atoms with Crippen LogP contribution in [-0.4, -0.2) is 24.8 Å². The highest BCUT2D eigenvalue weighted by atomic mass is 16.1. The number of rotatable bonds is 2. The van der Waals surface area contributed by atoms with Gasteiger partial charge in [0.25, 0.3) is 5.56 Å². The molecule has 0 atom stereocenters. The molecule has 0 amide bonds. The SMILES string of the molecule is Cc1cc(-n2nnc3ccccc3c2=O)n(-c2ccccc2)n1. The molecule has 0 saturated carbocycles. The fraction of sp³-hybridized carbons (Fsp3) is 0.0588. The molecule has 6 heteroatoms. The van der Waals surface area contributed by atoms with Gasteiger partial charge in [0.05, 0.1) is 16.8 Å². The lowest BCUT2D eigenvalue weighted by Gasteiger charge is -2.08. The molecule has 4 aromatic rings. The average molecular weight is 303 g/mol. The zero-order valence-corrected chi connectivity index (χ0v) is 12.4. The fourth-order valence-electron chi connectivity index (χ4n) is 2.54. The summed E-state index contributed by atoms with van der Waals surface area (Å²) in [7, 11) is 0. The summed E-state index contributed by atoms with van der Waals surface area (Å²) in [5.41, 5.74) is 2.02. The summed E-state index contributed by atoms with van der Waals surface area (Å²) in [4.78, 5) is 12.7. The maximum absolute atomic E-state index is 12.7. The summed E-state index contributed by atoms with van der Waals surface area (Å²) in [6.45, 7) is 1.88. The summed E-state index contributed by atoms with van der Waals surface area (Å²) in [5, 5.41) is 13.2. The van der Waals surface area contributed by atoms with Crippen LogP contribution in [0.3, 0.4) is 0 Å². The molecule has 0 radical (unpaired) electrons. The zero-order valence-electron chi connectivity index (χ0n) is 12.4. The van der Waals surface area contributed by atoms with Gasteiger partial charge in [-0.2, -0.15) is 9.78 Å². The molecule has 0 spiro atoms. The van der Waals surface area contributed by atoms with E-state index in [0.29, 0.717) is 16.7 Å². The molecule has 0 fully saturated rings. The Morgan fingerprint density at radius 2 is 1.65 bits per heavy atom. The second-order valence-electron chi connectivity index (χ2n) is 5.21. The van der Waals surface area contributed by atoms with Gasteiger partial charge in [-0.05, 0) is 31.2 Å². The van der Waals surface area contributed by atoms with Crippen LogP contribution in [0.1, 0.15) is 5.69 Å². The zero-order chi connectivity index (χ0) is 15.8. The van der Waals surface area contributed by atoms with Crippen molar-refractivity contribution in [3.8, 4) is 11.5 Å². The van der Waals surface area contributed by atoms with Crippen molar-refractivity contribution in [3.05, 3.63) is 76.7 Å². The number of hydrogen-bond acceptors (Lipinski definition) is 4. The van der Waals surface area contributed by atoms with E-state index in [1.54, 1.807) is 16.8 Å². The normalized spacial score (nSPS) is 11.0. The van der Waals surface area contributed by atoms with E-state index >= 15 is 0 Å². The van der Waals surface area contributed by atoms with Crippen molar-refractivity contribution >= 4 is 10.9 Å². The lowest BCUT2D eigenvalue weighted by atomic mass is 10.2. The maximum atomic E-state index is 12.7. The number of benzene rings is 2. The van der Waals surface area contributed by atoms with Gasteiger partial charge < -0.3 is 0 Å². The third kappa shape index (κ3) is 2.20. The smallest absolute Gasteiger partial charge is 0.267 e. The molecule has 0 saturated heterocycles. The maximum Gasteiger partial charge on any atom is 0.283 e. The first-order valence-electron chi connectivity index (χ1n) is 7.21. The van der Waals surface area contributed by atoms with Crippen molar-refractivity contribution < 1.29 is 0 Å². The predicted molar refractivity (Wildman–Crippen MR) is 87.0 cm³/mol. The molecule has 0 aliphatic rings. The lowest BCUT2D eigenvalue weighted by molar-refractivity contribution is 0.685. The fourth-order valence-corrected chi connectivity index (χ4v) is 2.54. The second-order valence-corrected chi connectivity index (χ2v) is 5.21. The highest BCUT2D eigenvalue weighted by Crippen LogP contribution is 2.15. The Bertz CT molecular complexity index is 1050. The van der Waals surface area contributed by atoms with Crippen molar-refractivity contribution in [1.82, 2.24) is 24.8 Å². The van der Waals surface area contributed by atoms with Gasteiger partial charge >= 0.3 is 0 Å². The molecule has 23 heavy (non-hydrogen) atoms. The van der Waals surface area contributed by atoms with Crippen molar-refractivity contribution in [2.24, 2.45) is 0 Å². The molecular formula is C17H13N5O. The van der Waals surface area contributed by atoms with Crippen LogP contribution in [0.25, 0.3) is 22.4 Å². The van der Waals surface area contributed by atoms with Gasteiger partial charge in [-0.1, -0.05) is 35.5 Å². The third-order valence-corrected chi connectivity index (χ3v) is 3.60. The Morgan fingerprint density at radius 3 is 2.48 bits per heavy atom. The largest absolute Gasteiger partial charge is 0.283 e. The molecule has 0 aliphatic heterocycles. The summed E-state index contributed by atoms with van der Waals surface area (Å²) in [6.07, 6.45) is 0. The Kier molecular flexibility index (Phi) is 3.01. The van der Waals surface area contributed by atoms with Crippen LogP contribution < -0.4 is 5.56 Å². The highest BCUT2D eigenvalue weighted by molar-refractivity contribution is 5.76. The van der Waals surface area contributed by atoms with E-state index in [2.05, 4.69) is 15.4 Å².